The molecule has 0 bridgehead atoms. The Balaban J connectivity index is 2.01. The first-order valence-corrected chi connectivity index (χ1v) is 7.50. The van der Waals surface area contributed by atoms with E-state index in [0.29, 0.717) is 0 Å². The molecule has 0 radical (unpaired) electrons. The van der Waals surface area contributed by atoms with Crippen molar-refractivity contribution in [3.8, 4) is 11.1 Å². The third-order valence-electron chi connectivity index (χ3n) is 3.15. The summed E-state index contributed by atoms with van der Waals surface area (Å²) in [5.41, 5.74) is 3.72. The van der Waals surface area contributed by atoms with E-state index in [1.165, 1.54) is 16.7 Å². The van der Waals surface area contributed by atoms with E-state index < -0.39 is 0 Å². The molecule has 110 valence electrons. The first kappa shape index (κ1) is 15.4. The molecule has 0 aliphatic carbocycles. The lowest BCUT2D eigenvalue weighted by atomic mass is 10.0. The van der Waals surface area contributed by atoms with Gasteiger partial charge in [-0.05, 0) is 50.8 Å². The molecular formula is C19H24N2. The second-order valence-electron chi connectivity index (χ2n) is 6.50. The predicted molar refractivity (Wildman–Crippen MR) is 89.7 cm³/mol. The quantitative estimate of drug-likeness (QED) is 0.657. The van der Waals surface area contributed by atoms with Crippen molar-refractivity contribution in [2.45, 2.75) is 45.7 Å². The van der Waals surface area contributed by atoms with Crippen LogP contribution in [-0.2, 0) is 6.42 Å². The van der Waals surface area contributed by atoms with Gasteiger partial charge in [-0.25, -0.2) is 0 Å². The number of rotatable bonds is 4. The predicted octanol–water partition coefficient (Wildman–Crippen LogP) is 5.54. The zero-order valence-electron chi connectivity index (χ0n) is 13.4. The molecule has 2 aromatic rings. The Labute approximate surface area is 127 Å². The molecule has 0 saturated carbocycles. The molecule has 1 atom stereocenters. The Morgan fingerprint density at radius 1 is 0.857 bits per heavy atom. The van der Waals surface area contributed by atoms with Crippen LogP contribution in [0.15, 0.2) is 64.8 Å². The molecule has 0 aliphatic rings. The van der Waals surface area contributed by atoms with Gasteiger partial charge in [-0.2, -0.15) is 10.2 Å². The highest BCUT2D eigenvalue weighted by Gasteiger charge is 2.08. The average molecular weight is 280 g/mol. The molecule has 2 aromatic carbocycles. The molecule has 21 heavy (non-hydrogen) atoms. The summed E-state index contributed by atoms with van der Waals surface area (Å²) in [6, 6.07) is 19.4. The molecule has 2 nitrogen and oxygen atoms in total. The molecule has 0 N–H and O–H groups in total. The van der Waals surface area contributed by atoms with Crippen LogP contribution in [0.2, 0.25) is 0 Å². The highest BCUT2D eigenvalue weighted by molar-refractivity contribution is 5.63. The number of nitrogens with zero attached hydrogens (tertiary/aromatic N) is 2. The number of hydrogen-bond donors (Lipinski definition) is 0. The number of benzene rings is 2. The van der Waals surface area contributed by atoms with Crippen LogP contribution in [0.25, 0.3) is 11.1 Å². The molecule has 0 heterocycles. The van der Waals surface area contributed by atoms with Gasteiger partial charge in [0, 0.05) is 0 Å². The fourth-order valence-electron chi connectivity index (χ4n) is 2.12. The molecule has 2 rings (SSSR count). The molecule has 0 spiro atoms. The van der Waals surface area contributed by atoms with Gasteiger partial charge in [-0.3, -0.25) is 0 Å². The van der Waals surface area contributed by atoms with Gasteiger partial charge in [-0.15, -0.1) is 0 Å². The lowest BCUT2D eigenvalue weighted by molar-refractivity contribution is 0.515. The number of azo groups is 1. The van der Waals surface area contributed by atoms with E-state index >= 15 is 0 Å². The molecule has 0 fully saturated rings. The van der Waals surface area contributed by atoms with Gasteiger partial charge >= 0.3 is 0 Å². The van der Waals surface area contributed by atoms with E-state index in [0.717, 1.165) is 6.42 Å². The van der Waals surface area contributed by atoms with Crippen LogP contribution in [0.5, 0.6) is 0 Å². The maximum atomic E-state index is 4.40. The van der Waals surface area contributed by atoms with E-state index in [4.69, 9.17) is 0 Å². The summed E-state index contributed by atoms with van der Waals surface area (Å²) >= 11 is 0. The van der Waals surface area contributed by atoms with Crippen LogP contribution in [0.3, 0.4) is 0 Å². The minimum Gasteiger partial charge on any atom is -0.190 e. The molecular weight excluding hydrogens is 256 g/mol. The first-order chi connectivity index (χ1) is 9.94. The highest BCUT2D eigenvalue weighted by atomic mass is 15.2. The third-order valence-corrected chi connectivity index (χ3v) is 3.15. The van der Waals surface area contributed by atoms with Crippen molar-refractivity contribution in [2.24, 2.45) is 10.2 Å². The third kappa shape index (κ3) is 5.14. The monoisotopic (exact) mass is 280 g/mol. The van der Waals surface area contributed by atoms with Gasteiger partial charge in [0.25, 0.3) is 0 Å². The second-order valence-corrected chi connectivity index (χ2v) is 6.50. The van der Waals surface area contributed by atoms with Gasteiger partial charge in [0.2, 0.25) is 0 Å². The molecule has 1 unspecified atom stereocenters. The minimum absolute atomic E-state index is 0.0918. The normalized spacial score (nSPS) is 13.5. The lowest BCUT2D eigenvalue weighted by Gasteiger charge is -2.12. The Kier molecular flexibility index (Phi) is 4.89. The van der Waals surface area contributed by atoms with Crippen molar-refractivity contribution in [1.82, 2.24) is 0 Å². The molecule has 2 heteroatoms. The van der Waals surface area contributed by atoms with Crippen molar-refractivity contribution in [1.29, 1.82) is 0 Å². The van der Waals surface area contributed by atoms with Crippen molar-refractivity contribution in [2.75, 3.05) is 0 Å². The molecule has 0 saturated heterocycles. The van der Waals surface area contributed by atoms with E-state index in [1.807, 2.05) is 6.07 Å². The van der Waals surface area contributed by atoms with Crippen molar-refractivity contribution in [3.05, 3.63) is 60.2 Å². The van der Waals surface area contributed by atoms with E-state index in [-0.39, 0.29) is 11.6 Å². The van der Waals surface area contributed by atoms with Crippen LogP contribution >= 0.6 is 0 Å². The van der Waals surface area contributed by atoms with Crippen LogP contribution in [0.4, 0.5) is 0 Å². The minimum atomic E-state index is -0.0918. The summed E-state index contributed by atoms with van der Waals surface area (Å²) in [5, 5.41) is 8.74. The molecule has 0 amide bonds. The van der Waals surface area contributed by atoms with Gasteiger partial charge in [0.05, 0.1) is 11.6 Å². The maximum Gasteiger partial charge on any atom is 0.0732 e. The van der Waals surface area contributed by atoms with Crippen LogP contribution in [-0.4, -0.2) is 11.6 Å². The zero-order chi connectivity index (χ0) is 15.3. The fraction of sp³-hybridized carbons (Fsp3) is 0.368. The zero-order valence-corrected chi connectivity index (χ0v) is 13.4. The van der Waals surface area contributed by atoms with Crippen molar-refractivity contribution in [3.63, 3.8) is 0 Å². The fourth-order valence-corrected chi connectivity index (χ4v) is 2.12. The summed E-state index contributed by atoms with van der Waals surface area (Å²) in [4.78, 5) is 0. The van der Waals surface area contributed by atoms with Gasteiger partial charge in [0.15, 0.2) is 0 Å². The summed E-state index contributed by atoms with van der Waals surface area (Å²) < 4.78 is 0. The number of hydrogen-bond acceptors (Lipinski definition) is 2. The van der Waals surface area contributed by atoms with E-state index in [9.17, 15) is 0 Å². The lowest BCUT2D eigenvalue weighted by Crippen LogP contribution is -2.11. The first-order valence-electron chi connectivity index (χ1n) is 7.50. The van der Waals surface area contributed by atoms with Gasteiger partial charge < -0.3 is 0 Å². The topological polar surface area (TPSA) is 24.7 Å². The van der Waals surface area contributed by atoms with Gasteiger partial charge in [-0.1, -0.05) is 54.6 Å². The van der Waals surface area contributed by atoms with E-state index in [2.05, 4.69) is 86.5 Å². The maximum absolute atomic E-state index is 4.40. The van der Waals surface area contributed by atoms with Gasteiger partial charge in [0.1, 0.15) is 0 Å². The largest absolute Gasteiger partial charge is 0.190 e. The summed E-state index contributed by atoms with van der Waals surface area (Å²) in [7, 11) is 0. The standard InChI is InChI=1S/C19H24N2/c1-15(20-21-19(2,3)4)14-16-10-12-18(13-11-16)17-8-6-5-7-9-17/h5-13,15H,14H2,1-4H3. The van der Waals surface area contributed by atoms with Crippen LogP contribution in [0.1, 0.15) is 33.3 Å². The van der Waals surface area contributed by atoms with Crippen molar-refractivity contribution < 1.29 is 0 Å². The van der Waals surface area contributed by atoms with Crippen LogP contribution < -0.4 is 0 Å². The summed E-state index contributed by atoms with van der Waals surface area (Å²) in [5.74, 6) is 0. The van der Waals surface area contributed by atoms with E-state index in [1.54, 1.807) is 0 Å². The Morgan fingerprint density at radius 2 is 1.43 bits per heavy atom. The Hall–Kier alpha value is -1.96. The smallest absolute Gasteiger partial charge is 0.0732 e. The Bertz CT molecular complexity index is 577. The molecule has 0 aliphatic heterocycles. The Morgan fingerprint density at radius 3 is 2.00 bits per heavy atom. The van der Waals surface area contributed by atoms with Crippen molar-refractivity contribution >= 4 is 0 Å². The second kappa shape index (κ2) is 6.66. The van der Waals surface area contributed by atoms with Crippen LogP contribution in [0, 0.1) is 0 Å². The highest BCUT2D eigenvalue weighted by Crippen LogP contribution is 2.20. The SMILES string of the molecule is CC(Cc1ccc(-c2ccccc2)cc1)N=NC(C)(C)C. The molecule has 0 aromatic heterocycles. The summed E-state index contributed by atoms with van der Waals surface area (Å²) in [6.07, 6.45) is 0.925. The average Bonchev–Trinajstić information content (AvgIpc) is 2.46. The summed E-state index contributed by atoms with van der Waals surface area (Å²) in [6.45, 7) is 8.31.